The van der Waals surface area contributed by atoms with E-state index in [0.29, 0.717) is 38.9 Å². The summed E-state index contributed by atoms with van der Waals surface area (Å²) in [6.45, 7) is 2.02. The summed E-state index contributed by atoms with van der Waals surface area (Å²) >= 11 is 6.31. The number of hydrogen-bond donors (Lipinski definition) is 1. The molecular weight excluding hydrogens is 451 g/mol. The summed E-state index contributed by atoms with van der Waals surface area (Å²) in [5.74, 6) is -0.213. The Bertz CT molecular complexity index is 1480. The third-order valence-electron chi connectivity index (χ3n) is 5.62. The van der Waals surface area contributed by atoms with Crippen molar-refractivity contribution in [2.75, 3.05) is 5.32 Å². The van der Waals surface area contributed by atoms with E-state index in [-0.39, 0.29) is 17.6 Å². The SMILES string of the molecule is CC(Nc1ncc2cc(C(=O)c3ccccc3Cl)n(-c3ccc(F)cc3)c2n1)c1ccccc1. The van der Waals surface area contributed by atoms with Crippen molar-refractivity contribution in [3.05, 3.63) is 119 Å². The number of benzene rings is 3. The number of nitrogens with zero attached hydrogens (tertiary/aromatic N) is 3. The maximum Gasteiger partial charge on any atom is 0.225 e. The highest BCUT2D eigenvalue weighted by atomic mass is 35.5. The summed E-state index contributed by atoms with van der Waals surface area (Å²) in [7, 11) is 0. The second-order valence-corrected chi connectivity index (χ2v) is 8.31. The Morgan fingerprint density at radius 2 is 1.71 bits per heavy atom. The van der Waals surface area contributed by atoms with E-state index in [4.69, 9.17) is 16.6 Å². The Labute approximate surface area is 200 Å². The Balaban J connectivity index is 1.63. The molecule has 0 amide bonds. The summed E-state index contributed by atoms with van der Waals surface area (Å²) in [4.78, 5) is 22.7. The number of anilines is 1. The maximum atomic E-state index is 13.7. The molecule has 7 heteroatoms. The standard InChI is InChI=1S/C27H20ClFN4O/c1-17(18-7-3-2-4-8-18)31-27-30-16-19-15-24(25(34)22-9-5-6-10-23(22)28)33(26(19)32-27)21-13-11-20(29)12-14-21/h2-17H,1H3,(H,30,31,32). The van der Waals surface area contributed by atoms with Gasteiger partial charge in [-0.1, -0.05) is 54.1 Å². The fraction of sp³-hybridized carbons (Fsp3) is 0.0741. The van der Waals surface area contributed by atoms with Gasteiger partial charge in [-0.2, -0.15) is 4.98 Å². The van der Waals surface area contributed by atoms with Gasteiger partial charge in [-0.05, 0) is 55.0 Å². The number of carbonyl (C=O) groups is 1. The number of ketones is 1. The molecule has 2 heterocycles. The minimum Gasteiger partial charge on any atom is -0.348 e. The van der Waals surface area contributed by atoms with Crippen LogP contribution in [0.2, 0.25) is 5.02 Å². The summed E-state index contributed by atoms with van der Waals surface area (Å²) in [6.07, 6.45) is 1.67. The molecule has 0 bridgehead atoms. The number of carbonyl (C=O) groups excluding carboxylic acids is 1. The van der Waals surface area contributed by atoms with E-state index < -0.39 is 0 Å². The van der Waals surface area contributed by atoms with Gasteiger partial charge in [0.25, 0.3) is 0 Å². The van der Waals surface area contributed by atoms with Crippen molar-refractivity contribution in [1.82, 2.24) is 14.5 Å². The van der Waals surface area contributed by atoms with E-state index in [9.17, 15) is 9.18 Å². The number of rotatable bonds is 6. The molecule has 5 rings (SSSR count). The molecule has 0 radical (unpaired) electrons. The van der Waals surface area contributed by atoms with Crippen molar-refractivity contribution in [2.24, 2.45) is 0 Å². The van der Waals surface area contributed by atoms with Crippen LogP contribution in [0.4, 0.5) is 10.3 Å². The van der Waals surface area contributed by atoms with Gasteiger partial charge in [-0.25, -0.2) is 9.37 Å². The quantitative estimate of drug-likeness (QED) is 0.283. The van der Waals surface area contributed by atoms with Gasteiger partial charge < -0.3 is 5.32 Å². The van der Waals surface area contributed by atoms with Crippen molar-refractivity contribution in [2.45, 2.75) is 13.0 Å². The fourth-order valence-corrected chi connectivity index (χ4v) is 4.10. The lowest BCUT2D eigenvalue weighted by molar-refractivity contribution is 0.103. The van der Waals surface area contributed by atoms with Crippen molar-refractivity contribution in [3.63, 3.8) is 0 Å². The van der Waals surface area contributed by atoms with Crippen LogP contribution >= 0.6 is 11.6 Å². The predicted octanol–water partition coefficient (Wildman–Crippen LogP) is 6.62. The summed E-state index contributed by atoms with van der Waals surface area (Å²) in [5, 5.41) is 4.35. The minimum atomic E-state index is -0.368. The maximum absolute atomic E-state index is 13.7. The van der Waals surface area contributed by atoms with Gasteiger partial charge in [0.2, 0.25) is 11.7 Å². The molecule has 0 aliphatic rings. The van der Waals surface area contributed by atoms with Crippen LogP contribution in [0.5, 0.6) is 0 Å². The van der Waals surface area contributed by atoms with Crippen molar-refractivity contribution >= 4 is 34.4 Å². The summed E-state index contributed by atoms with van der Waals surface area (Å²) in [5.41, 5.74) is 2.96. The van der Waals surface area contributed by atoms with Crippen LogP contribution in [0.3, 0.4) is 0 Å². The second-order valence-electron chi connectivity index (χ2n) is 7.90. The van der Waals surface area contributed by atoms with Crippen molar-refractivity contribution in [1.29, 1.82) is 0 Å². The largest absolute Gasteiger partial charge is 0.348 e. The molecule has 1 atom stereocenters. The molecule has 34 heavy (non-hydrogen) atoms. The zero-order valence-corrected chi connectivity index (χ0v) is 19.0. The summed E-state index contributed by atoms with van der Waals surface area (Å²) < 4.78 is 15.4. The molecule has 5 aromatic rings. The minimum absolute atomic E-state index is 0.0305. The molecule has 0 saturated heterocycles. The first kappa shape index (κ1) is 21.8. The topological polar surface area (TPSA) is 59.8 Å². The smallest absolute Gasteiger partial charge is 0.225 e. The number of nitrogens with one attached hydrogen (secondary N) is 1. The Kier molecular flexibility index (Phi) is 5.82. The van der Waals surface area contributed by atoms with Crippen LogP contribution in [0.25, 0.3) is 16.7 Å². The molecule has 1 N–H and O–H groups in total. The van der Waals surface area contributed by atoms with Gasteiger partial charge in [-0.15, -0.1) is 0 Å². The first-order valence-corrected chi connectivity index (χ1v) is 11.1. The van der Waals surface area contributed by atoms with Crippen LogP contribution in [0.1, 0.15) is 34.6 Å². The molecule has 0 aliphatic carbocycles. The van der Waals surface area contributed by atoms with Gasteiger partial charge in [0.15, 0.2) is 5.65 Å². The van der Waals surface area contributed by atoms with E-state index >= 15 is 0 Å². The van der Waals surface area contributed by atoms with E-state index in [2.05, 4.69) is 10.3 Å². The average Bonchev–Trinajstić information content (AvgIpc) is 3.24. The third kappa shape index (κ3) is 4.16. The van der Waals surface area contributed by atoms with Crippen molar-refractivity contribution < 1.29 is 9.18 Å². The molecule has 1 unspecified atom stereocenters. The predicted molar refractivity (Wildman–Crippen MR) is 132 cm³/mol. The van der Waals surface area contributed by atoms with Crippen LogP contribution in [0.15, 0.2) is 91.1 Å². The molecule has 2 aromatic heterocycles. The van der Waals surface area contributed by atoms with E-state index in [0.717, 1.165) is 5.56 Å². The first-order chi connectivity index (χ1) is 16.5. The Hall–Kier alpha value is -4.03. The van der Waals surface area contributed by atoms with Crippen LogP contribution in [-0.2, 0) is 0 Å². The highest BCUT2D eigenvalue weighted by Gasteiger charge is 2.22. The van der Waals surface area contributed by atoms with Gasteiger partial charge in [0, 0.05) is 22.8 Å². The van der Waals surface area contributed by atoms with Crippen LogP contribution in [0, 0.1) is 5.82 Å². The normalized spacial score (nSPS) is 12.0. The van der Waals surface area contributed by atoms with Crippen LogP contribution < -0.4 is 5.32 Å². The number of fused-ring (bicyclic) bond motifs is 1. The average molecular weight is 471 g/mol. The number of aromatic nitrogens is 3. The fourth-order valence-electron chi connectivity index (χ4n) is 3.88. The molecule has 3 aromatic carbocycles. The molecular formula is C27H20ClFN4O. The molecule has 0 aliphatic heterocycles. The van der Waals surface area contributed by atoms with E-state index in [1.165, 1.54) is 12.1 Å². The summed E-state index contributed by atoms with van der Waals surface area (Å²) in [6, 6.07) is 24.5. The monoisotopic (exact) mass is 470 g/mol. The zero-order valence-electron chi connectivity index (χ0n) is 18.2. The number of hydrogen-bond acceptors (Lipinski definition) is 4. The third-order valence-corrected chi connectivity index (χ3v) is 5.95. The highest BCUT2D eigenvalue weighted by molar-refractivity contribution is 6.35. The van der Waals surface area contributed by atoms with Gasteiger partial charge >= 0.3 is 0 Å². The molecule has 168 valence electrons. The van der Waals surface area contributed by atoms with Crippen LogP contribution in [-0.4, -0.2) is 20.3 Å². The molecule has 5 nitrogen and oxygen atoms in total. The van der Waals surface area contributed by atoms with E-state index in [1.54, 1.807) is 53.2 Å². The van der Waals surface area contributed by atoms with Crippen molar-refractivity contribution in [3.8, 4) is 5.69 Å². The number of halogens is 2. The Morgan fingerprint density at radius 1 is 1.00 bits per heavy atom. The molecule has 0 fully saturated rings. The molecule has 0 spiro atoms. The van der Waals surface area contributed by atoms with E-state index in [1.807, 2.05) is 37.3 Å². The second kappa shape index (κ2) is 9.08. The lowest BCUT2D eigenvalue weighted by Gasteiger charge is -2.15. The van der Waals surface area contributed by atoms with Gasteiger partial charge in [-0.3, -0.25) is 9.36 Å². The Morgan fingerprint density at radius 3 is 2.44 bits per heavy atom. The van der Waals surface area contributed by atoms with Gasteiger partial charge in [0.1, 0.15) is 5.82 Å². The zero-order chi connectivity index (χ0) is 23.7. The first-order valence-electron chi connectivity index (χ1n) is 10.8. The molecule has 0 saturated carbocycles. The highest BCUT2D eigenvalue weighted by Crippen LogP contribution is 2.28. The van der Waals surface area contributed by atoms with Gasteiger partial charge in [0.05, 0.1) is 16.8 Å². The lowest BCUT2D eigenvalue weighted by atomic mass is 10.1. The lowest BCUT2D eigenvalue weighted by Crippen LogP contribution is -2.11.